The normalized spacial score (nSPS) is 13.0. The Hall–Kier alpha value is -2.96. The second-order valence-electron chi connectivity index (χ2n) is 15.0. The number of rotatable bonds is 35. The number of phenols is 1. The number of nitrogens with one attached hydrogen (secondary N) is 1. The third kappa shape index (κ3) is 23.6. The summed E-state index contributed by atoms with van der Waals surface area (Å²) in [5.74, 6) is -2.11. The van der Waals surface area contributed by atoms with Gasteiger partial charge in [-0.1, -0.05) is 154 Å². The molecule has 0 saturated carbocycles. The summed E-state index contributed by atoms with van der Waals surface area (Å²) in [6.45, 7) is 2.74. The van der Waals surface area contributed by atoms with Gasteiger partial charge >= 0.3 is 25.4 Å². The quantitative estimate of drug-likeness (QED) is 0.0258. The fourth-order valence-corrected chi connectivity index (χ4v) is 7.33. The van der Waals surface area contributed by atoms with Gasteiger partial charge in [-0.2, -0.15) is 0 Å². The Morgan fingerprint density at radius 2 is 1.22 bits per heavy atom. The van der Waals surface area contributed by atoms with Crippen molar-refractivity contribution in [3.8, 4) is 5.75 Å². The predicted octanol–water partition coefficient (Wildman–Crippen LogP) is 10.9. The van der Waals surface area contributed by atoms with Gasteiger partial charge in [0, 0.05) is 30.8 Å². The molecule has 0 spiro atoms. The number of benzene rings is 1. The van der Waals surface area contributed by atoms with Gasteiger partial charge in [0.1, 0.15) is 23.5 Å². The van der Waals surface area contributed by atoms with Crippen molar-refractivity contribution in [2.24, 2.45) is 0 Å². The Morgan fingerprint density at radius 3 is 1.76 bits per heavy atom. The molecule has 1 unspecified atom stereocenters. The Kier molecular flexibility index (Phi) is 27.3. The second-order valence-corrected chi connectivity index (χ2v) is 16.9. The van der Waals surface area contributed by atoms with E-state index in [1.165, 1.54) is 102 Å². The summed E-state index contributed by atoms with van der Waals surface area (Å²) in [7, 11) is -4.71. The zero-order valence-electron chi connectivity index (χ0n) is 34.9. The van der Waals surface area contributed by atoms with E-state index in [1.54, 1.807) is 0 Å². The van der Waals surface area contributed by atoms with Crippen LogP contribution in [0.3, 0.4) is 0 Å². The molecular weight excluding hydrogens is 789 g/mol. The average molecular weight is 858 g/mol. The van der Waals surface area contributed by atoms with Crippen LogP contribution >= 0.6 is 19.4 Å². The summed E-state index contributed by atoms with van der Waals surface area (Å²) in [4.78, 5) is 60.5. The molecule has 0 bridgehead atoms. The molecule has 2 aromatic rings. The molecule has 58 heavy (non-hydrogen) atoms. The van der Waals surface area contributed by atoms with Gasteiger partial charge in [0.05, 0.1) is 18.2 Å². The molecule has 330 valence electrons. The van der Waals surface area contributed by atoms with Gasteiger partial charge in [-0.25, -0.2) is 9.36 Å². The number of fused-ring (bicyclic) bond motifs is 1. The minimum absolute atomic E-state index is 0.00101. The van der Waals surface area contributed by atoms with Crippen molar-refractivity contribution in [2.75, 3.05) is 26.4 Å². The fraction of sp³-hybridized carbons (Fsp3) is 0.721. The molecule has 15 heteroatoms. The largest absolute Gasteiger partial charge is 0.506 e. The first-order chi connectivity index (χ1) is 28.0. The van der Waals surface area contributed by atoms with Crippen molar-refractivity contribution in [2.45, 2.75) is 174 Å². The molecule has 0 aliphatic heterocycles. The summed E-state index contributed by atoms with van der Waals surface area (Å²) in [5, 5.41) is 12.4. The molecule has 0 fully saturated rings. The van der Waals surface area contributed by atoms with Gasteiger partial charge < -0.3 is 29.2 Å². The van der Waals surface area contributed by atoms with Gasteiger partial charge in [-0.3, -0.25) is 23.4 Å². The Morgan fingerprint density at radius 1 is 0.724 bits per heavy atom. The maximum atomic E-state index is 12.7. The molecule has 0 aliphatic rings. The van der Waals surface area contributed by atoms with E-state index in [0.717, 1.165) is 44.6 Å². The summed E-state index contributed by atoms with van der Waals surface area (Å²) < 4.78 is 38.7. The van der Waals surface area contributed by atoms with E-state index in [1.807, 2.05) is 0 Å². The summed E-state index contributed by atoms with van der Waals surface area (Å²) in [6, 6.07) is 3.73. The second kappa shape index (κ2) is 31.0. The van der Waals surface area contributed by atoms with E-state index in [0.29, 0.717) is 18.2 Å². The molecule has 3 N–H and O–H groups in total. The Bertz CT molecular complexity index is 1580. The van der Waals surface area contributed by atoms with Gasteiger partial charge in [0.25, 0.3) is 5.91 Å². The molecule has 1 amide bonds. The highest BCUT2D eigenvalue weighted by atomic mass is 35.5. The van der Waals surface area contributed by atoms with Crippen molar-refractivity contribution in [3.05, 3.63) is 39.2 Å². The number of hydrogen-bond acceptors (Lipinski definition) is 11. The van der Waals surface area contributed by atoms with E-state index >= 15 is 0 Å². The lowest BCUT2D eigenvalue weighted by molar-refractivity contribution is -0.161. The SMILES string of the molecule is CCCCCCCCCCCCCC(=O)OC[C@H](COP(=O)(O)OCCNC(=O)c1cc2cc(Cl)c(O)cc2oc1=O)OC(=O)CCCCCCCCCCCCC. The third-order valence-corrected chi connectivity index (χ3v) is 11.1. The number of phosphoric acid groups is 1. The highest BCUT2D eigenvalue weighted by molar-refractivity contribution is 7.47. The number of halogens is 1. The zero-order chi connectivity index (χ0) is 42.4. The van der Waals surface area contributed by atoms with Crippen molar-refractivity contribution in [1.82, 2.24) is 5.32 Å². The maximum Gasteiger partial charge on any atom is 0.472 e. The summed E-state index contributed by atoms with van der Waals surface area (Å²) >= 11 is 5.92. The van der Waals surface area contributed by atoms with E-state index in [2.05, 4.69) is 19.2 Å². The number of carbonyl (C=O) groups excluding carboxylic acids is 3. The van der Waals surface area contributed by atoms with Gasteiger partial charge in [-0.15, -0.1) is 0 Å². The monoisotopic (exact) mass is 857 g/mol. The average Bonchev–Trinajstić information content (AvgIpc) is 3.19. The van der Waals surface area contributed by atoms with Crippen molar-refractivity contribution < 1.29 is 51.9 Å². The van der Waals surface area contributed by atoms with Gasteiger partial charge in [0.15, 0.2) is 6.10 Å². The van der Waals surface area contributed by atoms with Crippen LogP contribution in [0.25, 0.3) is 11.0 Å². The van der Waals surface area contributed by atoms with Gasteiger partial charge in [-0.05, 0) is 25.0 Å². The molecule has 2 rings (SSSR count). The van der Waals surface area contributed by atoms with Crippen LogP contribution in [0.2, 0.25) is 5.02 Å². The van der Waals surface area contributed by atoms with Crippen molar-refractivity contribution in [3.63, 3.8) is 0 Å². The fourth-order valence-electron chi connectivity index (χ4n) is 6.41. The maximum absolute atomic E-state index is 12.7. The van der Waals surface area contributed by atoms with Crippen molar-refractivity contribution in [1.29, 1.82) is 0 Å². The van der Waals surface area contributed by atoms with Crippen LogP contribution in [0, 0.1) is 0 Å². The van der Waals surface area contributed by atoms with Crippen LogP contribution in [0.15, 0.2) is 27.4 Å². The van der Waals surface area contributed by atoms with E-state index < -0.39 is 50.6 Å². The summed E-state index contributed by atoms with van der Waals surface area (Å²) in [6.07, 6.45) is 24.3. The topological polar surface area (TPSA) is 188 Å². The minimum Gasteiger partial charge on any atom is -0.506 e. The number of esters is 2. The van der Waals surface area contributed by atoms with E-state index in [4.69, 9.17) is 34.5 Å². The number of carbonyl (C=O) groups is 3. The molecule has 0 saturated heterocycles. The van der Waals surface area contributed by atoms with Crippen molar-refractivity contribution >= 4 is 48.2 Å². The molecule has 0 aliphatic carbocycles. The number of phenolic OH excluding ortho intramolecular Hbond substituents is 1. The van der Waals surface area contributed by atoms with Crippen LogP contribution in [0.4, 0.5) is 0 Å². The van der Waals surface area contributed by atoms with Crippen LogP contribution in [-0.4, -0.2) is 60.3 Å². The third-order valence-electron chi connectivity index (χ3n) is 9.81. The number of aromatic hydroxyl groups is 1. The minimum atomic E-state index is -4.71. The van der Waals surface area contributed by atoms with E-state index in [-0.39, 0.29) is 47.9 Å². The van der Waals surface area contributed by atoms with Crippen LogP contribution in [0.1, 0.15) is 178 Å². The summed E-state index contributed by atoms with van der Waals surface area (Å²) in [5.41, 5.74) is -1.29. The first kappa shape index (κ1) is 51.2. The first-order valence-corrected chi connectivity index (χ1v) is 23.5. The smallest absolute Gasteiger partial charge is 0.472 e. The van der Waals surface area contributed by atoms with Crippen LogP contribution in [0.5, 0.6) is 5.75 Å². The molecular formula is C43H69ClNO12P. The lowest BCUT2D eigenvalue weighted by Gasteiger charge is -2.20. The van der Waals surface area contributed by atoms with E-state index in [9.17, 15) is 33.7 Å². The molecule has 2 atom stereocenters. The highest BCUT2D eigenvalue weighted by Gasteiger charge is 2.26. The lowest BCUT2D eigenvalue weighted by Crippen LogP contribution is -2.31. The number of phosphoric ester groups is 1. The lowest BCUT2D eigenvalue weighted by atomic mass is 10.1. The van der Waals surface area contributed by atoms with Gasteiger partial charge in [0.2, 0.25) is 0 Å². The number of amides is 1. The predicted molar refractivity (Wildman–Crippen MR) is 226 cm³/mol. The Balaban J connectivity index is 1.78. The number of hydrogen-bond donors (Lipinski definition) is 3. The number of unbranched alkanes of at least 4 members (excludes halogenated alkanes) is 20. The van der Waals surface area contributed by atoms with Crippen LogP contribution in [-0.2, 0) is 32.7 Å². The first-order valence-electron chi connectivity index (χ1n) is 21.7. The van der Waals surface area contributed by atoms with Crippen LogP contribution < -0.4 is 10.9 Å². The molecule has 13 nitrogen and oxygen atoms in total. The number of ether oxygens (including phenoxy) is 2. The highest BCUT2D eigenvalue weighted by Crippen LogP contribution is 2.43. The zero-order valence-corrected chi connectivity index (χ0v) is 36.6. The standard InChI is InChI=1S/C43H69ClNO12P/c1-3-5-7-9-11-13-15-17-19-21-23-25-40(47)53-32-35(56-41(48)26-24-22-20-18-16-14-12-10-8-6-4-2)33-55-58(51,52)54-28-27-45-42(49)36-29-34-30-37(44)38(46)31-39(34)57-43(36)50/h29-31,35,46H,3-28,32-33H2,1-2H3,(H,45,49)(H,51,52)/t35-/m1/s1. The molecule has 1 aromatic carbocycles. The molecule has 1 heterocycles. The molecule has 0 radical (unpaired) electrons. The Labute approximate surface area is 349 Å². The molecule has 1 aromatic heterocycles.